The number of aryl methyl sites for hydroxylation is 1. The molecule has 6 nitrogen and oxygen atoms in total. The lowest BCUT2D eigenvalue weighted by Gasteiger charge is -2.20. The number of rotatable bonds is 6. The van der Waals surface area contributed by atoms with Gasteiger partial charge in [0.2, 0.25) is 0 Å². The molecule has 1 aliphatic carbocycles. The molecule has 3 aliphatic rings. The summed E-state index contributed by atoms with van der Waals surface area (Å²) in [4.78, 5) is 28.4. The van der Waals surface area contributed by atoms with E-state index in [1.54, 1.807) is 11.8 Å². The molecule has 0 saturated carbocycles. The highest BCUT2D eigenvalue weighted by Gasteiger charge is 2.30. The highest BCUT2D eigenvalue weighted by molar-refractivity contribution is 8.08. The van der Waals surface area contributed by atoms with Gasteiger partial charge in [-0.25, -0.2) is 0 Å². The zero-order chi connectivity index (χ0) is 21.9. The van der Waals surface area contributed by atoms with Gasteiger partial charge in [0, 0.05) is 23.8 Å². The molecule has 2 aromatic rings. The number of carbonyl (C=O) groups is 2. The number of thiophene rings is 1. The number of thioether (sulfide) groups is 1. The number of hydrogen-bond acceptors (Lipinski definition) is 6. The third kappa shape index (κ3) is 4.44. The van der Waals surface area contributed by atoms with Gasteiger partial charge in [-0.15, -0.1) is 23.1 Å². The second kappa shape index (κ2) is 9.68. The van der Waals surface area contributed by atoms with Crippen LogP contribution in [0.25, 0.3) is 4.91 Å². The standard InChI is InChI=1S/C24H26N2O4S2/c27-22(25-14-16-8-5-11-29-16)19-17-9-4-10-18(17)32-24(19)26-23(28)20-21(31-13-12-30-20)15-6-2-1-3-7-15/h1-3,6-7,16H,4-5,8-14H2,(H,25,27)(H,26,28)/t16-/m0/s1. The van der Waals surface area contributed by atoms with E-state index in [0.29, 0.717) is 29.5 Å². The second-order valence-electron chi connectivity index (χ2n) is 8.08. The van der Waals surface area contributed by atoms with Crippen molar-refractivity contribution in [1.29, 1.82) is 0 Å². The summed E-state index contributed by atoms with van der Waals surface area (Å²) in [5.41, 5.74) is 2.65. The highest BCUT2D eigenvalue weighted by atomic mass is 32.2. The molecule has 2 N–H and O–H groups in total. The van der Waals surface area contributed by atoms with Crippen molar-refractivity contribution in [3.05, 3.63) is 57.7 Å². The van der Waals surface area contributed by atoms with Gasteiger partial charge in [-0.2, -0.15) is 0 Å². The molecule has 5 rings (SSSR count). The first-order valence-corrected chi connectivity index (χ1v) is 12.9. The van der Waals surface area contributed by atoms with Crippen LogP contribution in [-0.4, -0.2) is 43.4 Å². The first kappa shape index (κ1) is 21.6. The molecule has 168 valence electrons. The normalized spacial score (nSPS) is 20.1. The molecule has 32 heavy (non-hydrogen) atoms. The molecule has 1 aromatic heterocycles. The number of benzene rings is 1. The molecule has 0 radical (unpaired) electrons. The number of fused-ring (bicyclic) bond motifs is 1. The Morgan fingerprint density at radius 1 is 1.06 bits per heavy atom. The van der Waals surface area contributed by atoms with E-state index in [1.165, 1.54) is 16.2 Å². The molecular weight excluding hydrogens is 444 g/mol. The minimum absolute atomic E-state index is 0.0786. The maximum atomic E-state index is 13.3. The van der Waals surface area contributed by atoms with Crippen LogP contribution in [0.3, 0.4) is 0 Å². The quantitative estimate of drug-likeness (QED) is 0.661. The largest absolute Gasteiger partial charge is 0.486 e. The van der Waals surface area contributed by atoms with Gasteiger partial charge in [0.15, 0.2) is 5.76 Å². The summed E-state index contributed by atoms with van der Waals surface area (Å²) >= 11 is 3.14. The average Bonchev–Trinajstić information content (AvgIpc) is 3.56. The van der Waals surface area contributed by atoms with Crippen molar-refractivity contribution < 1.29 is 19.1 Å². The number of hydrogen-bond donors (Lipinski definition) is 2. The Bertz CT molecular complexity index is 1040. The van der Waals surface area contributed by atoms with Crippen LogP contribution in [0.15, 0.2) is 36.1 Å². The fourth-order valence-corrected chi connectivity index (χ4v) is 6.62. The summed E-state index contributed by atoms with van der Waals surface area (Å²) in [5.74, 6) is 0.688. The van der Waals surface area contributed by atoms with Crippen molar-refractivity contribution in [3.8, 4) is 0 Å². The van der Waals surface area contributed by atoms with Crippen molar-refractivity contribution in [3.63, 3.8) is 0 Å². The Balaban J connectivity index is 1.39. The van der Waals surface area contributed by atoms with Crippen LogP contribution in [-0.2, 0) is 27.1 Å². The monoisotopic (exact) mass is 470 g/mol. The lowest BCUT2D eigenvalue weighted by atomic mass is 10.1. The Kier molecular flexibility index (Phi) is 6.52. The summed E-state index contributed by atoms with van der Waals surface area (Å²) in [6.07, 6.45) is 4.95. The summed E-state index contributed by atoms with van der Waals surface area (Å²) in [7, 11) is 0. The molecule has 1 aromatic carbocycles. The third-order valence-electron chi connectivity index (χ3n) is 5.91. The molecule has 1 saturated heterocycles. The lowest BCUT2D eigenvalue weighted by molar-refractivity contribution is -0.115. The van der Waals surface area contributed by atoms with Gasteiger partial charge in [0.25, 0.3) is 11.8 Å². The first-order valence-electron chi connectivity index (χ1n) is 11.1. The lowest BCUT2D eigenvalue weighted by Crippen LogP contribution is -2.32. The van der Waals surface area contributed by atoms with Crippen molar-refractivity contribution in [1.82, 2.24) is 5.32 Å². The van der Waals surface area contributed by atoms with E-state index in [4.69, 9.17) is 9.47 Å². The zero-order valence-corrected chi connectivity index (χ0v) is 19.4. The smallest absolute Gasteiger partial charge is 0.292 e. The number of amides is 2. The maximum absolute atomic E-state index is 13.3. The topological polar surface area (TPSA) is 76.7 Å². The van der Waals surface area contributed by atoms with Crippen LogP contribution in [0.5, 0.6) is 0 Å². The van der Waals surface area contributed by atoms with Gasteiger partial charge < -0.3 is 20.1 Å². The van der Waals surface area contributed by atoms with Gasteiger partial charge in [0.1, 0.15) is 5.00 Å². The molecule has 3 heterocycles. The molecule has 1 atom stereocenters. The fraction of sp³-hybridized carbons (Fsp3) is 0.417. The number of anilines is 1. The molecule has 0 unspecified atom stereocenters. The van der Waals surface area contributed by atoms with E-state index in [-0.39, 0.29) is 17.9 Å². The Morgan fingerprint density at radius 3 is 2.75 bits per heavy atom. The predicted molar refractivity (Wildman–Crippen MR) is 128 cm³/mol. The van der Waals surface area contributed by atoms with Gasteiger partial charge >= 0.3 is 0 Å². The van der Waals surface area contributed by atoms with Crippen molar-refractivity contribution in [2.45, 2.75) is 38.2 Å². The van der Waals surface area contributed by atoms with E-state index in [1.807, 2.05) is 30.3 Å². The molecular formula is C24H26N2O4S2. The minimum atomic E-state index is -0.302. The van der Waals surface area contributed by atoms with E-state index in [9.17, 15) is 9.59 Å². The Labute approximate surface area is 195 Å². The van der Waals surface area contributed by atoms with Crippen molar-refractivity contribution in [2.24, 2.45) is 0 Å². The van der Waals surface area contributed by atoms with E-state index >= 15 is 0 Å². The van der Waals surface area contributed by atoms with Gasteiger partial charge in [-0.05, 0) is 43.2 Å². The fourth-order valence-electron chi connectivity index (χ4n) is 4.38. The molecule has 1 fully saturated rings. The van der Waals surface area contributed by atoms with Crippen LogP contribution < -0.4 is 10.6 Å². The number of carbonyl (C=O) groups excluding carboxylic acids is 2. The van der Waals surface area contributed by atoms with Crippen molar-refractivity contribution in [2.75, 3.05) is 30.8 Å². The minimum Gasteiger partial charge on any atom is -0.486 e. The van der Waals surface area contributed by atoms with Crippen LogP contribution in [0.4, 0.5) is 5.00 Å². The second-order valence-corrected chi connectivity index (χ2v) is 10.3. The third-order valence-corrected chi connectivity index (χ3v) is 8.20. The number of nitrogens with one attached hydrogen (secondary N) is 2. The van der Waals surface area contributed by atoms with Gasteiger partial charge in [-0.3, -0.25) is 9.59 Å². The van der Waals surface area contributed by atoms with Gasteiger partial charge in [0.05, 0.1) is 23.2 Å². The van der Waals surface area contributed by atoms with Crippen molar-refractivity contribution >= 4 is 44.8 Å². The van der Waals surface area contributed by atoms with Crippen LogP contribution >= 0.6 is 23.1 Å². The van der Waals surface area contributed by atoms with E-state index in [0.717, 1.165) is 60.5 Å². The van der Waals surface area contributed by atoms with Crippen LogP contribution in [0.1, 0.15) is 45.6 Å². The molecule has 2 amide bonds. The highest BCUT2D eigenvalue weighted by Crippen LogP contribution is 2.40. The van der Waals surface area contributed by atoms with E-state index in [2.05, 4.69) is 10.6 Å². The maximum Gasteiger partial charge on any atom is 0.292 e. The summed E-state index contributed by atoms with van der Waals surface area (Å²) in [6.45, 7) is 1.74. The molecule has 2 aliphatic heterocycles. The summed E-state index contributed by atoms with van der Waals surface area (Å²) < 4.78 is 11.4. The summed E-state index contributed by atoms with van der Waals surface area (Å²) in [6, 6.07) is 9.81. The van der Waals surface area contributed by atoms with Gasteiger partial charge in [-0.1, -0.05) is 30.3 Å². The van der Waals surface area contributed by atoms with Crippen LogP contribution in [0.2, 0.25) is 0 Å². The number of ether oxygens (including phenoxy) is 2. The van der Waals surface area contributed by atoms with Crippen LogP contribution in [0, 0.1) is 0 Å². The predicted octanol–water partition coefficient (Wildman–Crippen LogP) is 4.22. The molecule has 0 bridgehead atoms. The average molecular weight is 471 g/mol. The SMILES string of the molecule is O=C(Nc1sc2c(c1C(=O)NC[C@@H]1CCCO1)CCC2)C1=C(c2ccccc2)SCCO1. The Morgan fingerprint density at radius 2 is 1.94 bits per heavy atom. The van der Waals surface area contributed by atoms with E-state index < -0.39 is 0 Å². The summed E-state index contributed by atoms with van der Waals surface area (Å²) in [5, 5.41) is 6.65. The molecule has 0 spiro atoms. The first-order chi connectivity index (χ1) is 15.7. The zero-order valence-electron chi connectivity index (χ0n) is 17.8. The Hall–Kier alpha value is -2.29. The molecule has 8 heteroatoms.